The van der Waals surface area contributed by atoms with E-state index in [-0.39, 0.29) is 23.8 Å². The van der Waals surface area contributed by atoms with Gasteiger partial charge in [0, 0.05) is 25.0 Å². The van der Waals surface area contributed by atoms with E-state index in [0.717, 1.165) is 19.3 Å². The van der Waals surface area contributed by atoms with Gasteiger partial charge in [-0.3, -0.25) is 9.59 Å². The summed E-state index contributed by atoms with van der Waals surface area (Å²) >= 11 is 0. The molecule has 1 aromatic heterocycles. The molecule has 2 heterocycles. The van der Waals surface area contributed by atoms with Crippen molar-refractivity contribution in [1.82, 2.24) is 10.2 Å². The van der Waals surface area contributed by atoms with Gasteiger partial charge in [0.25, 0.3) is 5.91 Å². The lowest BCUT2D eigenvalue weighted by Gasteiger charge is -2.31. The lowest BCUT2D eigenvalue weighted by molar-refractivity contribution is -0.126. The van der Waals surface area contributed by atoms with Gasteiger partial charge in [0.05, 0.1) is 11.8 Å². The van der Waals surface area contributed by atoms with E-state index >= 15 is 0 Å². The van der Waals surface area contributed by atoms with Gasteiger partial charge in [-0.25, -0.2) is 0 Å². The summed E-state index contributed by atoms with van der Waals surface area (Å²) in [5.41, 5.74) is 0.576. The second kappa shape index (κ2) is 6.59. The predicted octanol–water partition coefficient (Wildman–Crippen LogP) is 2.05. The summed E-state index contributed by atoms with van der Waals surface area (Å²) in [6, 6.07) is 1.89. The molecule has 1 aliphatic rings. The topological polar surface area (TPSA) is 62.6 Å². The largest absolute Gasteiger partial charge is 0.472 e. The van der Waals surface area contributed by atoms with Gasteiger partial charge in [0.1, 0.15) is 6.26 Å². The molecule has 1 aliphatic heterocycles. The van der Waals surface area contributed by atoms with Crippen LogP contribution in [0.25, 0.3) is 0 Å². The molecule has 0 aromatic carbocycles. The van der Waals surface area contributed by atoms with Crippen molar-refractivity contribution in [3.8, 4) is 0 Å². The Morgan fingerprint density at radius 3 is 2.70 bits per heavy atom. The number of amides is 2. The van der Waals surface area contributed by atoms with Crippen molar-refractivity contribution in [3.05, 3.63) is 24.2 Å². The van der Waals surface area contributed by atoms with Crippen molar-refractivity contribution in [3.63, 3.8) is 0 Å². The maximum atomic E-state index is 12.1. The van der Waals surface area contributed by atoms with Crippen LogP contribution in [0.4, 0.5) is 0 Å². The standard InChI is InChI=1S/C15H22N2O3/c1-3-11(2)16-14(18)12-4-7-17(8-5-12)15(19)13-6-9-20-10-13/h6,9-12H,3-5,7-8H2,1-2H3,(H,16,18). The van der Waals surface area contributed by atoms with E-state index in [1.807, 2.05) is 6.92 Å². The van der Waals surface area contributed by atoms with Crippen LogP contribution in [0.1, 0.15) is 43.5 Å². The molecular weight excluding hydrogens is 256 g/mol. The summed E-state index contributed by atoms with van der Waals surface area (Å²) in [5, 5.41) is 3.01. The highest BCUT2D eigenvalue weighted by Crippen LogP contribution is 2.19. The van der Waals surface area contributed by atoms with Crippen molar-refractivity contribution in [2.24, 2.45) is 5.92 Å². The summed E-state index contributed by atoms with van der Waals surface area (Å²) < 4.78 is 4.93. The van der Waals surface area contributed by atoms with Crippen LogP contribution in [-0.4, -0.2) is 35.8 Å². The van der Waals surface area contributed by atoms with E-state index in [1.54, 1.807) is 11.0 Å². The van der Waals surface area contributed by atoms with Crippen molar-refractivity contribution in [1.29, 1.82) is 0 Å². The number of rotatable bonds is 4. The molecule has 2 amide bonds. The molecule has 1 N–H and O–H groups in total. The number of carbonyl (C=O) groups excluding carboxylic acids is 2. The van der Waals surface area contributed by atoms with E-state index in [0.29, 0.717) is 18.7 Å². The fraction of sp³-hybridized carbons (Fsp3) is 0.600. The van der Waals surface area contributed by atoms with Crippen molar-refractivity contribution >= 4 is 11.8 Å². The first-order chi connectivity index (χ1) is 9.61. The first-order valence-electron chi connectivity index (χ1n) is 7.23. The van der Waals surface area contributed by atoms with Gasteiger partial charge >= 0.3 is 0 Å². The zero-order valence-electron chi connectivity index (χ0n) is 12.1. The summed E-state index contributed by atoms with van der Waals surface area (Å²) in [6.45, 7) is 5.32. The normalized spacial score (nSPS) is 17.8. The quantitative estimate of drug-likeness (QED) is 0.916. The molecule has 1 fully saturated rings. The molecule has 20 heavy (non-hydrogen) atoms. The number of nitrogens with zero attached hydrogens (tertiary/aromatic N) is 1. The van der Waals surface area contributed by atoms with E-state index < -0.39 is 0 Å². The molecule has 5 nitrogen and oxygen atoms in total. The average molecular weight is 278 g/mol. The maximum Gasteiger partial charge on any atom is 0.257 e. The molecule has 0 spiro atoms. The molecule has 1 atom stereocenters. The first kappa shape index (κ1) is 14.6. The van der Waals surface area contributed by atoms with Crippen LogP contribution in [0.3, 0.4) is 0 Å². The Morgan fingerprint density at radius 1 is 1.45 bits per heavy atom. The number of furan rings is 1. The van der Waals surface area contributed by atoms with Gasteiger partial charge in [-0.05, 0) is 32.3 Å². The Labute approximate surface area is 119 Å². The molecule has 0 bridgehead atoms. The third-order valence-electron chi connectivity index (χ3n) is 3.92. The summed E-state index contributed by atoms with van der Waals surface area (Å²) in [6.07, 6.45) is 5.35. The average Bonchev–Trinajstić information content (AvgIpc) is 3.00. The molecule has 1 unspecified atom stereocenters. The van der Waals surface area contributed by atoms with Crippen molar-refractivity contribution in [2.75, 3.05) is 13.1 Å². The zero-order valence-corrected chi connectivity index (χ0v) is 12.1. The minimum atomic E-state index is -0.0143. The summed E-state index contributed by atoms with van der Waals surface area (Å²) in [5.74, 6) is 0.131. The third kappa shape index (κ3) is 3.40. The minimum absolute atomic E-state index is 0.0143. The molecule has 0 aliphatic carbocycles. The third-order valence-corrected chi connectivity index (χ3v) is 3.92. The van der Waals surface area contributed by atoms with Crippen LogP contribution in [0.5, 0.6) is 0 Å². The van der Waals surface area contributed by atoms with Crippen LogP contribution in [-0.2, 0) is 4.79 Å². The Hall–Kier alpha value is -1.78. The Balaban J connectivity index is 1.83. The molecular formula is C15H22N2O3. The van der Waals surface area contributed by atoms with E-state index in [2.05, 4.69) is 12.2 Å². The Morgan fingerprint density at radius 2 is 2.15 bits per heavy atom. The monoisotopic (exact) mass is 278 g/mol. The SMILES string of the molecule is CCC(C)NC(=O)C1CCN(C(=O)c2ccoc2)CC1. The first-order valence-corrected chi connectivity index (χ1v) is 7.23. The van der Waals surface area contributed by atoms with Crippen LogP contribution in [0, 0.1) is 5.92 Å². The second-order valence-corrected chi connectivity index (χ2v) is 5.40. The minimum Gasteiger partial charge on any atom is -0.472 e. The Bertz CT molecular complexity index is 448. The number of hydrogen-bond acceptors (Lipinski definition) is 3. The summed E-state index contributed by atoms with van der Waals surface area (Å²) in [4.78, 5) is 26.0. The van der Waals surface area contributed by atoms with Gasteiger partial charge < -0.3 is 14.6 Å². The van der Waals surface area contributed by atoms with Crippen LogP contribution >= 0.6 is 0 Å². The van der Waals surface area contributed by atoms with Gasteiger partial charge in [0.15, 0.2) is 0 Å². The number of hydrogen-bond donors (Lipinski definition) is 1. The fourth-order valence-electron chi connectivity index (χ4n) is 2.38. The van der Waals surface area contributed by atoms with E-state index in [4.69, 9.17) is 4.42 Å². The number of nitrogens with one attached hydrogen (secondary N) is 1. The lowest BCUT2D eigenvalue weighted by Crippen LogP contribution is -2.44. The second-order valence-electron chi connectivity index (χ2n) is 5.40. The van der Waals surface area contributed by atoms with Gasteiger partial charge in [-0.1, -0.05) is 6.92 Å². The number of likely N-dealkylation sites (tertiary alicyclic amines) is 1. The van der Waals surface area contributed by atoms with Crippen molar-refractivity contribution in [2.45, 2.75) is 39.2 Å². The number of carbonyl (C=O) groups is 2. The van der Waals surface area contributed by atoms with Gasteiger partial charge in [-0.15, -0.1) is 0 Å². The molecule has 1 saturated heterocycles. The Kier molecular flexibility index (Phi) is 4.82. The molecule has 5 heteroatoms. The van der Waals surface area contributed by atoms with E-state index in [1.165, 1.54) is 12.5 Å². The highest BCUT2D eigenvalue weighted by atomic mass is 16.3. The van der Waals surface area contributed by atoms with Gasteiger partial charge in [0.2, 0.25) is 5.91 Å². The van der Waals surface area contributed by atoms with Crippen LogP contribution < -0.4 is 5.32 Å². The molecule has 2 rings (SSSR count). The predicted molar refractivity (Wildman–Crippen MR) is 75.2 cm³/mol. The number of piperidine rings is 1. The highest BCUT2D eigenvalue weighted by molar-refractivity contribution is 5.94. The smallest absolute Gasteiger partial charge is 0.257 e. The zero-order chi connectivity index (χ0) is 14.5. The molecule has 0 radical (unpaired) electrons. The highest BCUT2D eigenvalue weighted by Gasteiger charge is 2.28. The molecule has 110 valence electrons. The van der Waals surface area contributed by atoms with Gasteiger partial charge in [-0.2, -0.15) is 0 Å². The summed E-state index contributed by atoms with van der Waals surface area (Å²) in [7, 11) is 0. The molecule has 0 saturated carbocycles. The van der Waals surface area contributed by atoms with Crippen LogP contribution in [0.2, 0.25) is 0 Å². The maximum absolute atomic E-state index is 12.1. The fourth-order valence-corrected chi connectivity index (χ4v) is 2.38. The molecule has 1 aromatic rings. The van der Waals surface area contributed by atoms with E-state index in [9.17, 15) is 9.59 Å². The lowest BCUT2D eigenvalue weighted by atomic mass is 9.95. The van der Waals surface area contributed by atoms with Crippen LogP contribution in [0.15, 0.2) is 23.0 Å². The van der Waals surface area contributed by atoms with Crippen molar-refractivity contribution < 1.29 is 14.0 Å².